The maximum absolute atomic E-state index is 11.1. The number of likely N-dealkylation sites (N-methyl/N-ethyl adjacent to an activating group) is 1. The van der Waals surface area contributed by atoms with E-state index in [1.165, 1.54) is 0 Å². The van der Waals surface area contributed by atoms with E-state index in [0.29, 0.717) is 13.2 Å². The van der Waals surface area contributed by atoms with Crippen molar-refractivity contribution in [1.29, 1.82) is 0 Å². The Kier molecular flexibility index (Phi) is 5.45. The van der Waals surface area contributed by atoms with Gasteiger partial charge < -0.3 is 29.5 Å². The van der Waals surface area contributed by atoms with Gasteiger partial charge in [-0.2, -0.15) is 0 Å². The maximum atomic E-state index is 11.1. The zero-order valence-corrected chi connectivity index (χ0v) is 15.5. The predicted octanol–water partition coefficient (Wildman–Crippen LogP) is -0.115. The van der Waals surface area contributed by atoms with Gasteiger partial charge in [-0.1, -0.05) is 12.1 Å². The third-order valence-electron chi connectivity index (χ3n) is 5.79. The standard InChI is InChI=1S/C19H29N3O4/c1-21-7-9-22(10-8-21)17-18(23)16(15-12-25-19(17)26-15)20-11-13-3-5-14(24-2)6-4-13/h3-6,15-20,23H,7-12H2,1-2H3. The van der Waals surface area contributed by atoms with Crippen LogP contribution in [0.1, 0.15) is 5.56 Å². The number of aliphatic hydroxyl groups excluding tert-OH is 1. The fraction of sp³-hybridized carbons (Fsp3) is 0.684. The molecular weight excluding hydrogens is 334 g/mol. The van der Waals surface area contributed by atoms with E-state index in [-0.39, 0.29) is 24.5 Å². The van der Waals surface area contributed by atoms with E-state index >= 15 is 0 Å². The van der Waals surface area contributed by atoms with Gasteiger partial charge in [-0.05, 0) is 24.7 Å². The Bertz CT molecular complexity index is 591. The first kappa shape index (κ1) is 18.2. The normalized spacial score (nSPS) is 35.6. The first-order valence-corrected chi connectivity index (χ1v) is 9.40. The summed E-state index contributed by atoms with van der Waals surface area (Å²) in [5, 5.41) is 14.6. The zero-order valence-electron chi connectivity index (χ0n) is 15.5. The molecule has 0 radical (unpaired) electrons. The molecule has 144 valence electrons. The second kappa shape index (κ2) is 7.80. The number of hydrogen-bond acceptors (Lipinski definition) is 7. The number of hydrogen-bond donors (Lipinski definition) is 2. The van der Waals surface area contributed by atoms with Crippen LogP contribution in [0.4, 0.5) is 0 Å². The quantitative estimate of drug-likeness (QED) is 0.756. The molecular formula is C19H29N3O4. The van der Waals surface area contributed by atoms with Crippen LogP contribution < -0.4 is 10.1 Å². The molecule has 1 aromatic rings. The summed E-state index contributed by atoms with van der Waals surface area (Å²) in [6, 6.07) is 7.72. The molecule has 26 heavy (non-hydrogen) atoms. The van der Waals surface area contributed by atoms with E-state index in [9.17, 15) is 5.11 Å². The topological polar surface area (TPSA) is 66.4 Å². The second-order valence-electron chi connectivity index (χ2n) is 7.45. The highest BCUT2D eigenvalue weighted by Gasteiger charge is 2.52. The van der Waals surface area contributed by atoms with E-state index in [0.717, 1.165) is 37.5 Å². The summed E-state index contributed by atoms with van der Waals surface area (Å²) < 4.78 is 17.1. The second-order valence-corrected chi connectivity index (χ2v) is 7.45. The Morgan fingerprint density at radius 3 is 2.62 bits per heavy atom. The Morgan fingerprint density at radius 1 is 1.19 bits per heavy atom. The van der Waals surface area contributed by atoms with Crippen LogP contribution in [-0.4, -0.2) is 92.4 Å². The molecule has 3 saturated heterocycles. The van der Waals surface area contributed by atoms with Gasteiger partial charge in [0.05, 0.1) is 31.9 Å². The molecule has 3 aliphatic heterocycles. The van der Waals surface area contributed by atoms with E-state index in [1.807, 2.05) is 24.3 Å². The zero-order chi connectivity index (χ0) is 18.1. The molecule has 2 N–H and O–H groups in total. The molecule has 3 fully saturated rings. The van der Waals surface area contributed by atoms with Gasteiger partial charge in [-0.15, -0.1) is 0 Å². The smallest absolute Gasteiger partial charge is 0.176 e. The minimum absolute atomic E-state index is 0.100. The van der Waals surface area contributed by atoms with Crippen molar-refractivity contribution in [3.63, 3.8) is 0 Å². The number of piperazine rings is 1. The van der Waals surface area contributed by atoms with Gasteiger partial charge in [0.2, 0.25) is 0 Å². The van der Waals surface area contributed by atoms with E-state index < -0.39 is 6.10 Å². The molecule has 0 amide bonds. The van der Waals surface area contributed by atoms with Crippen LogP contribution in [0, 0.1) is 0 Å². The van der Waals surface area contributed by atoms with E-state index in [1.54, 1.807) is 7.11 Å². The number of methoxy groups -OCH3 is 1. The highest BCUT2D eigenvalue weighted by atomic mass is 16.7. The summed E-state index contributed by atoms with van der Waals surface area (Å²) in [4.78, 5) is 4.63. The third kappa shape index (κ3) is 3.60. The summed E-state index contributed by atoms with van der Waals surface area (Å²) in [6.45, 7) is 5.07. The van der Waals surface area contributed by atoms with Crippen LogP contribution >= 0.6 is 0 Å². The summed E-state index contributed by atoms with van der Waals surface area (Å²) in [5.74, 6) is 0.844. The van der Waals surface area contributed by atoms with Crippen LogP contribution in [-0.2, 0) is 16.0 Å². The summed E-state index contributed by atoms with van der Waals surface area (Å²) in [7, 11) is 3.80. The van der Waals surface area contributed by atoms with Crippen LogP contribution in [0.15, 0.2) is 24.3 Å². The van der Waals surface area contributed by atoms with Crippen molar-refractivity contribution < 1.29 is 19.3 Å². The monoisotopic (exact) mass is 363 g/mol. The Morgan fingerprint density at radius 2 is 1.92 bits per heavy atom. The lowest BCUT2D eigenvalue weighted by Crippen LogP contribution is -2.66. The molecule has 2 bridgehead atoms. The Hall–Kier alpha value is -1.22. The largest absolute Gasteiger partial charge is 0.497 e. The van der Waals surface area contributed by atoms with E-state index in [2.05, 4.69) is 22.2 Å². The lowest BCUT2D eigenvalue weighted by Gasteiger charge is -2.46. The van der Waals surface area contributed by atoms with Crippen molar-refractivity contribution in [3.8, 4) is 5.75 Å². The minimum Gasteiger partial charge on any atom is -0.497 e. The molecule has 1 aromatic carbocycles. The maximum Gasteiger partial charge on any atom is 0.176 e. The van der Waals surface area contributed by atoms with Crippen molar-refractivity contribution in [2.24, 2.45) is 0 Å². The third-order valence-corrected chi connectivity index (χ3v) is 5.79. The average Bonchev–Trinajstić information content (AvgIpc) is 3.09. The Balaban J connectivity index is 1.41. The number of ether oxygens (including phenoxy) is 3. The molecule has 3 heterocycles. The molecule has 7 nitrogen and oxygen atoms in total. The Labute approximate surface area is 154 Å². The average molecular weight is 363 g/mol. The van der Waals surface area contributed by atoms with Gasteiger partial charge >= 0.3 is 0 Å². The summed E-state index contributed by atoms with van der Waals surface area (Å²) in [5.41, 5.74) is 1.15. The molecule has 0 aromatic heterocycles. The molecule has 5 unspecified atom stereocenters. The van der Waals surface area contributed by atoms with Crippen molar-refractivity contribution in [1.82, 2.24) is 15.1 Å². The highest BCUT2D eigenvalue weighted by Crippen LogP contribution is 2.32. The first-order chi connectivity index (χ1) is 12.7. The first-order valence-electron chi connectivity index (χ1n) is 9.40. The minimum atomic E-state index is -0.511. The highest BCUT2D eigenvalue weighted by molar-refractivity contribution is 5.27. The van der Waals surface area contributed by atoms with Crippen molar-refractivity contribution in [3.05, 3.63) is 29.8 Å². The number of benzene rings is 1. The fourth-order valence-electron chi connectivity index (χ4n) is 4.14. The number of nitrogens with one attached hydrogen (secondary N) is 1. The van der Waals surface area contributed by atoms with Crippen molar-refractivity contribution >= 4 is 0 Å². The van der Waals surface area contributed by atoms with E-state index in [4.69, 9.17) is 14.2 Å². The van der Waals surface area contributed by atoms with Gasteiger partial charge in [0.1, 0.15) is 11.9 Å². The van der Waals surface area contributed by atoms with Crippen LogP contribution in [0.25, 0.3) is 0 Å². The molecule has 4 rings (SSSR count). The molecule has 3 aliphatic rings. The lowest BCUT2D eigenvalue weighted by molar-refractivity contribution is -0.186. The molecule has 7 heteroatoms. The molecule has 0 saturated carbocycles. The van der Waals surface area contributed by atoms with Crippen LogP contribution in [0.2, 0.25) is 0 Å². The van der Waals surface area contributed by atoms with Crippen molar-refractivity contribution in [2.75, 3.05) is 46.9 Å². The van der Waals surface area contributed by atoms with Crippen LogP contribution in [0.5, 0.6) is 5.75 Å². The van der Waals surface area contributed by atoms with Crippen molar-refractivity contribution in [2.45, 2.75) is 37.1 Å². The predicted molar refractivity (Wildman–Crippen MR) is 97.1 cm³/mol. The lowest BCUT2D eigenvalue weighted by atomic mass is 9.94. The van der Waals surface area contributed by atoms with Gasteiger partial charge in [0.25, 0.3) is 0 Å². The SMILES string of the molecule is COc1ccc(CNC2C3COC(O3)C(N3CCN(C)CC3)C2O)cc1. The van der Waals surface area contributed by atoms with Crippen LogP contribution in [0.3, 0.4) is 0 Å². The summed E-state index contributed by atoms with van der Waals surface area (Å²) >= 11 is 0. The number of aliphatic hydroxyl groups is 1. The number of fused-ring (bicyclic) bond motifs is 2. The van der Waals surface area contributed by atoms with Gasteiger partial charge in [0.15, 0.2) is 6.29 Å². The summed E-state index contributed by atoms with van der Waals surface area (Å²) in [6.07, 6.45) is -0.933. The molecule has 0 aliphatic carbocycles. The van der Waals surface area contributed by atoms with Gasteiger partial charge in [-0.25, -0.2) is 0 Å². The van der Waals surface area contributed by atoms with Gasteiger partial charge in [0, 0.05) is 32.7 Å². The molecule has 5 atom stereocenters. The van der Waals surface area contributed by atoms with Gasteiger partial charge in [-0.3, -0.25) is 4.90 Å². The molecule has 0 spiro atoms. The fourth-order valence-corrected chi connectivity index (χ4v) is 4.14. The number of nitrogens with zero attached hydrogens (tertiary/aromatic N) is 2. The number of rotatable bonds is 5.